The van der Waals surface area contributed by atoms with Crippen molar-refractivity contribution >= 4 is 17.7 Å². The molecule has 2 rings (SSSR count). The molecule has 0 aromatic heterocycles. The van der Waals surface area contributed by atoms with E-state index in [0.717, 1.165) is 17.0 Å². The minimum Gasteiger partial charge on any atom is -0.490 e. The highest BCUT2D eigenvalue weighted by Crippen LogP contribution is 2.22. The minimum absolute atomic E-state index is 0.126. The Kier molecular flexibility index (Phi) is 6.18. The average molecular weight is 335 g/mol. The lowest BCUT2D eigenvalue weighted by molar-refractivity contribution is -0.111. The molecule has 0 saturated carbocycles. The van der Waals surface area contributed by atoms with Crippen molar-refractivity contribution in [3.63, 3.8) is 0 Å². The first kappa shape index (κ1) is 18.5. The zero-order chi connectivity index (χ0) is 18.3. The smallest absolute Gasteiger partial charge is 0.248 e. The van der Waals surface area contributed by atoms with E-state index in [2.05, 4.69) is 44.8 Å². The summed E-state index contributed by atoms with van der Waals surface area (Å²) in [5.74, 6) is 0.576. The monoisotopic (exact) mass is 335 g/mol. The van der Waals surface area contributed by atoms with Crippen LogP contribution in [0.25, 0.3) is 6.08 Å². The van der Waals surface area contributed by atoms with Gasteiger partial charge in [-0.3, -0.25) is 4.79 Å². The molecule has 1 N–H and O–H groups in total. The molecule has 0 saturated heterocycles. The SMILES string of the molecule is C=CCOc1ccc(NC(=O)/C=C/c2ccc(C(C)(C)C)cc2)cc1. The average Bonchev–Trinajstić information content (AvgIpc) is 2.59. The molecule has 0 unspecified atom stereocenters. The molecule has 0 aliphatic heterocycles. The first-order chi connectivity index (χ1) is 11.9. The molecule has 0 heterocycles. The van der Waals surface area contributed by atoms with Crippen LogP contribution in [-0.4, -0.2) is 12.5 Å². The lowest BCUT2D eigenvalue weighted by Crippen LogP contribution is -2.10. The van der Waals surface area contributed by atoms with Crippen LogP contribution in [-0.2, 0) is 10.2 Å². The summed E-state index contributed by atoms with van der Waals surface area (Å²) in [6.45, 7) is 10.6. The molecule has 1 amide bonds. The molecule has 0 atom stereocenters. The summed E-state index contributed by atoms with van der Waals surface area (Å²) >= 11 is 0. The molecule has 3 heteroatoms. The van der Waals surface area contributed by atoms with Gasteiger partial charge in [-0.1, -0.05) is 57.7 Å². The number of nitrogens with one attached hydrogen (secondary N) is 1. The third-order valence-corrected chi connectivity index (χ3v) is 3.69. The highest BCUT2D eigenvalue weighted by atomic mass is 16.5. The second kappa shape index (κ2) is 8.34. The Morgan fingerprint density at radius 3 is 2.28 bits per heavy atom. The fourth-order valence-corrected chi connectivity index (χ4v) is 2.24. The topological polar surface area (TPSA) is 38.3 Å². The molecule has 2 aromatic rings. The molecule has 0 fully saturated rings. The van der Waals surface area contributed by atoms with E-state index < -0.39 is 0 Å². The Hall–Kier alpha value is -2.81. The van der Waals surface area contributed by atoms with Gasteiger partial charge in [-0.25, -0.2) is 0 Å². The van der Waals surface area contributed by atoms with Gasteiger partial charge in [0.2, 0.25) is 5.91 Å². The van der Waals surface area contributed by atoms with Gasteiger partial charge in [0, 0.05) is 11.8 Å². The van der Waals surface area contributed by atoms with Crippen molar-refractivity contribution in [3.05, 3.63) is 78.4 Å². The van der Waals surface area contributed by atoms with Gasteiger partial charge in [-0.2, -0.15) is 0 Å². The van der Waals surface area contributed by atoms with Crippen LogP contribution in [0.4, 0.5) is 5.69 Å². The van der Waals surface area contributed by atoms with Crippen molar-refractivity contribution in [2.75, 3.05) is 11.9 Å². The summed E-state index contributed by atoms with van der Waals surface area (Å²) in [7, 11) is 0. The standard InChI is InChI=1S/C22H25NO2/c1-5-16-25-20-13-11-19(12-14-20)23-21(24)15-8-17-6-9-18(10-7-17)22(2,3)4/h5-15H,1,16H2,2-4H3,(H,23,24)/b15-8+. The molecule has 0 bridgehead atoms. The second-order valence-corrected chi connectivity index (χ2v) is 6.82. The first-order valence-corrected chi connectivity index (χ1v) is 8.32. The summed E-state index contributed by atoms with van der Waals surface area (Å²) < 4.78 is 5.41. The van der Waals surface area contributed by atoms with Gasteiger partial charge in [0.15, 0.2) is 0 Å². The van der Waals surface area contributed by atoms with Crippen LogP contribution in [0.3, 0.4) is 0 Å². The van der Waals surface area contributed by atoms with E-state index in [1.54, 1.807) is 6.08 Å². The molecule has 0 aliphatic rings. The predicted octanol–water partition coefficient (Wildman–Crippen LogP) is 5.20. The van der Waals surface area contributed by atoms with Crippen LogP contribution in [0, 0.1) is 0 Å². The van der Waals surface area contributed by atoms with E-state index >= 15 is 0 Å². The van der Waals surface area contributed by atoms with E-state index in [1.807, 2.05) is 42.5 Å². The highest BCUT2D eigenvalue weighted by Gasteiger charge is 2.12. The van der Waals surface area contributed by atoms with Crippen LogP contribution >= 0.6 is 0 Å². The summed E-state index contributed by atoms with van der Waals surface area (Å²) in [4.78, 5) is 12.0. The summed E-state index contributed by atoms with van der Waals surface area (Å²) in [5, 5.41) is 2.83. The Morgan fingerprint density at radius 1 is 1.08 bits per heavy atom. The third kappa shape index (κ3) is 5.96. The van der Waals surface area contributed by atoms with Gasteiger partial charge in [0.1, 0.15) is 12.4 Å². The fraction of sp³-hybridized carbons (Fsp3) is 0.227. The number of carbonyl (C=O) groups excluding carboxylic acids is 1. The summed E-state index contributed by atoms with van der Waals surface area (Å²) in [6, 6.07) is 15.5. The van der Waals surface area contributed by atoms with Crippen LogP contribution in [0.2, 0.25) is 0 Å². The molecule has 2 aromatic carbocycles. The molecule has 0 spiro atoms. The van der Waals surface area contributed by atoms with Gasteiger partial charge in [0.05, 0.1) is 0 Å². The number of amides is 1. The molecule has 3 nitrogen and oxygen atoms in total. The number of rotatable bonds is 6. The van der Waals surface area contributed by atoms with Crippen molar-refractivity contribution in [3.8, 4) is 5.75 Å². The second-order valence-electron chi connectivity index (χ2n) is 6.82. The zero-order valence-electron chi connectivity index (χ0n) is 15.1. The summed E-state index contributed by atoms with van der Waals surface area (Å²) in [6.07, 6.45) is 5.03. The lowest BCUT2D eigenvalue weighted by Gasteiger charge is -2.18. The Bertz CT molecular complexity index is 735. The fourth-order valence-electron chi connectivity index (χ4n) is 2.24. The van der Waals surface area contributed by atoms with Gasteiger partial charge < -0.3 is 10.1 Å². The predicted molar refractivity (Wildman–Crippen MR) is 105 cm³/mol. The van der Waals surface area contributed by atoms with Crippen molar-refractivity contribution in [2.45, 2.75) is 26.2 Å². The molecule has 0 aliphatic carbocycles. The van der Waals surface area contributed by atoms with E-state index in [4.69, 9.17) is 4.74 Å². The van der Waals surface area contributed by atoms with E-state index in [9.17, 15) is 4.79 Å². The molecule has 25 heavy (non-hydrogen) atoms. The molecule has 0 radical (unpaired) electrons. The quantitative estimate of drug-likeness (QED) is 0.582. The Morgan fingerprint density at radius 2 is 1.72 bits per heavy atom. The number of carbonyl (C=O) groups is 1. The lowest BCUT2D eigenvalue weighted by atomic mass is 9.87. The normalized spacial score (nSPS) is 11.3. The highest BCUT2D eigenvalue weighted by molar-refractivity contribution is 6.01. The van der Waals surface area contributed by atoms with Crippen molar-refractivity contribution in [1.29, 1.82) is 0 Å². The maximum Gasteiger partial charge on any atom is 0.248 e. The van der Waals surface area contributed by atoms with Crippen molar-refractivity contribution in [2.24, 2.45) is 0 Å². The number of hydrogen-bond acceptors (Lipinski definition) is 2. The van der Waals surface area contributed by atoms with E-state index in [-0.39, 0.29) is 11.3 Å². The molecule has 130 valence electrons. The van der Waals surface area contributed by atoms with Crippen LogP contribution in [0.15, 0.2) is 67.3 Å². The number of ether oxygens (including phenoxy) is 1. The Balaban J connectivity index is 1.93. The molecular weight excluding hydrogens is 310 g/mol. The maximum absolute atomic E-state index is 12.0. The van der Waals surface area contributed by atoms with Crippen molar-refractivity contribution < 1.29 is 9.53 Å². The number of anilines is 1. The Labute approximate surface area is 150 Å². The third-order valence-electron chi connectivity index (χ3n) is 3.69. The van der Waals surface area contributed by atoms with Gasteiger partial charge >= 0.3 is 0 Å². The summed E-state index contributed by atoms with van der Waals surface area (Å²) in [5.41, 5.74) is 3.12. The number of benzene rings is 2. The van der Waals surface area contributed by atoms with E-state index in [0.29, 0.717) is 6.61 Å². The van der Waals surface area contributed by atoms with Crippen LogP contribution < -0.4 is 10.1 Å². The minimum atomic E-state index is -0.167. The van der Waals surface area contributed by atoms with Crippen LogP contribution in [0.5, 0.6) is 5.75 Å². The van der Waals surface area contributed by atoms with E-state index in [1.165, 1.54) is 11.6 Å². The first-order valence-electron chi connectivity index (χ1n) is 8.32. The molecular formula is C22H25NO2. The van der Waals surface area contributed by atoms with Crippen molar-refractivity contribution in [1.82, 2.24) is 0 Å². The van der Waals surface area contributed by atoms with Gasteiger partial charge in [-0.05, 0) is 46.9 Å². The van der Waals surface area contributed by atoms with Crippen LogP contribution in [0.1, 0.15) is 31.9 Å². The largest absolute Gasteiger partial charge is 0.490 e. The number of hydrogen-bond donors (Lipinski definition) is 1. The maximum atomic E-state index is 12.0. The zero-order valence-corrected chi connectivity index (χ0v) is 15.1. The van der Waals surface area contributed by atoms with Gasteiger partial charge in [-0.15, -0.1) is 0 Å². The van der Waals surface area contributed by atoms with Gasteiger partial charge in [0.25, 0.3) is 0 Å².